The number of nitrogens with zero attached hydrogens (tertiary/aromatic N) is 3. The lowest BCUT2D eigenvalue weighted by Gasteiger charge is -2.11. The number of fused-ring (bicyclic) bond motifs is 1. The van der Waals surface area contributed by atoms with Crippen molar-refractivity contribution in [2.24, 2.45) is 0 Å². The first-order valence-electron chi connectivity index (χ1n) is 10.7. The summed E-state index contributed by atoms with van der Waals surface area (Å²) in [5.74, 6) is -0.459. The molecule has 0 aliphatic carbocycles. The lowest BCUT2D eigenvalue weighted by molar-refractivity contribution is 0.250. The molecule has 12 heteroatoms. The van der Waals surface area contributed by atoms with Gasteiger partial charge in [0.25, 0.3) is 0 Å². The highest BCUT2D eigenvalue weighted by Gasteiger charge is 2.19. The second-order valence-electron chi connectivity index (χ2n) is 8.28. The van der Waals surface area contributed by atoms with Crippen LogP contribution in [0, 0.1) is 12.7 Å². The van der Waals surface area contributed by atoms with Gasteiger partial charge < -0.3 is 15.6 Å². The lowest BCUT2D eigenvalue weighted by Crippen LogP contribution is -2.34. The summed E-state index contributed by atoms with van der Waals surface area (Å²) in [5.41, 5.74) is 2.60. The molecule has 0 atom stereocenters. The molecule has 0 spiro atoms. The number of sulfone groups is 1. The number of urea groups is 1. The van der Waals surface area contributed by atoms with Gasteiger partial charge in [0, 0.05) is 41.8 Å². The molecule has 0 radical (unpaired) electrons. The van der Waals surface area contributed by atoms with Crippen LogP contribution in [0.5, 0.6) is 0 Å². The predicted octanol–water partition coefficient (Wildman–Crippen LogP) is 4.14. The molecule has 3 heterocycles. The van der Waals surface area contributed by atoms with Gasteiger partial charge in [0.15, 0.2) is 21.5 Å². The summed E-state index contributed by atoms with van der Waals surface area (Å²) < 4.78 is 38.5. The van der Waals surface area contributed by atoms with E-state index in [2.05, 4.69) is 35.9 Å². The third kappa shape index (κ3) is 5.06. The predicted molar refractivity (Wildman–Crippen MR) is 132 cm³/mol. The van der Waals surface area contributed by atoms with Crippen molar-refractivity contribution in [2.45, 2.75) is 31.7 Å². The van der Waals surface area contributed by atoms with Crippen LogP contribution in [0.4, 0.5) is 26.6 Å². The van der Waals surface area contributed by atoms with Crippen LogP contribution >= 0.6 is 0 Å². The van der Waals surface area contributed by atoms with Crippen molar-refractivity contribution < 1.29 is 17.6 Å². The SMILES string of the molecule is Cc1cnc(Nc2cccc(S(C)(=O)=O)c2F)nc1-c1c[nH]c2c(NC(=O)NC(C)C)nccc12. The summed E-state index contributed by atoms with van der Waals surface area (Å²) in [6.07, 6.45) is 5.84. The fourth-order valence-corrected chi connectivity index (χ4v) is 4.30. The maximum Gasteiger partial charge on any atom is 0.320 e. The Hall–Kier alpha value is -4.06. The number of anilines is 3. The number of hydrogen-bond acceptors (Lipinski definition) is 7. The molecular formula is C23H24FN7O3S. The summed E-state index contributed by atoms with van der Waals surface area (Å²) in [6.45, 7) is 5.54. The van der Waals surface area contributed by atoms with Gasteiger partial charge >= 0.3 is 6.03 Å². The van der Waals surface area contributed by atoms with E-state index in [1.807, 2.05) is 20.8 Å². The number of H-pyrrole nitrogens is 1. The molecule has 4 aromatic rings. The maximum absolute atomic E-state index is 14.8. The van der Waals surface area contributed by atoms with Crippen LogP contribution < -0.4 is 16.0 Å². The first kappa shape index (κ1) is 24.1. The molecule has 4 N–H and O–H groups in total. The van der Waals surface area contributed by atoms with Gasteiger partial charge in [-0.05, 0) is 44.5 Å². The zero-order chi connectivity index (χ0) is 25.3. The Kier molecular flexibility index (Phi) is 6.39. The highest BCUT2D eigenvalue weighted by Crippen LogP contribution is 2.33. The number of carbonyl (C=O) groups is 1. The van der Waals surface area contributed by atoms with Gasteiger partial charge in [-0.3, -0.25) is 5.32 Å². The number of halogens is 1. The van der Waals surface area contributed by atoms with Crippen LogP contribution in [0.25, 0.3) is 22.2 Å². The van der Waals surface area contributed by atoms with Gasteiger partial charge in [0.05, 0.1) is 16.9 Å². The van der Waals surface area contributed by atoms with E-state index in [4.69, 9.17) is 0 Å². The molecule has 0 bridgehead atoms. The van der Waals surface area contributed by atoms with Crippen molar-refractivity contribution in [1.29, 1.82) is 0 Å². The van der Waals surface area contributed by atoms with Gasteiger partial charge in [-0.2, -0.15) is 0 Å². The highest BCUT2D eigenvalue weighted by atomic mass is 32.2. The van der Waals surface area contributed by atoms with E-state index in [0.29, 0.717) is 17.0 Å². The zero-order valence-corrected chi connectivity index (χ0v) is 20.3. The molecule has 0 aliphatic rings. The van der Waals surface area contributed by atoms with Gasteiger partial charge in [0.2, 0.25) is 5.95 Å². The number of amides is 2. The molecule has 0 unspecified atom stereocenters. The molecule has 10 nitrogen and oxygen atoms in total. The van der Waals surface area contributed by atoms with E-state index in [9.17, 15) is 17.6 Å². The highest BCUT2D eigenvalue weighted by molar-refractivity contribution is 7.90. The second-order valence-corrected chi connectivity index (χ2v) is 10.3. The summed E-state index contributed by atoms with van der Waals surface area (Å²) in [4.78, 5) is 27.9. The van der Waals surface area contributed by atoms with E-state index in [0.717, 1.165) is 22.8 Å². The van der Waals surface area contributed by atoms with Crippen molar-refractivity contribution in [1.82, 2.24) is 25.3 Å². The first-order valence-corrected chi connectivity index (χ1v) is 12.6. The zero-order valence-electron chi connectivity index (χ0n) is 19.5. The normalized spacial score (nSPS) is 11.6. The summed E-state index contributed by atoms with van der Waals surface area (Å²) in [7, 11) is -3.74. The Balaban J connectivity index is 1.70. The Morgan fingerprint density at radius 1 is 1.17 bits per heavy atom. The number of hydrogen-bond donors (Lipinski definition) is 4. The van der Waals surface area contributed by atoms with Gasteiger partial charge in [-0.1, -0.05) is 6.07 Å². The van der Waals surface area contributed by atoms with Crippen molar-refractivity contribution >= 4 is 44.2 Å². The molecule has 0 aliphatic heterocycles. The maximum atomic E-state index is 14.8. The molecule has 1 aromatic carbocycles. The average Bonchev–Trinajstić information content (AvgIpc) is 3.20. The minimum absolute atomic E-state index is 0.0361. The lowest BCUT2D eigenvalue weighted by atomic mass is 10.1. The molecule has 182 valence electrons. The van der Waals surface area contributed by atoms with Crippen LogP contribution in [0.1, 0.15) is 19.4 Å². The monoisotopic (exact) mass is 497 g/mol. The molecule has 0 saturated carbocycles. The number of rotatable bonds is 6. The Morgan fingerprint density at radius 3 is 2.66 bits per heavy atom. The molecule has 4 rings (SSSR count). The summed E-state index contributed by atoms with van der Waals surface area (Å²) in [5, 5.41) is 9.02. The first-order chi connectivity index (χ1) is 16.5. The van der Waals surface area contributed by atoms with Crippen LogP contribution in [-0.4, -0.2) is 46.7 Å². The third-order valence-electron chi connectivity index (χ3n) is 5.09. The molecule has 0 saturated heterocycles. The minimum atomic E-state index is -3.74. The van der Waals surface area contributed by atoms with Crippen molar-refractivity contribution in [2.75, 3.05) is 16.9 Å². The van der Waals surface area contributed by atoms with Crippen molar-refractivity contribution in [3.63, 3.8) is 0 Å². The summed E-state index contributed by atoms with van der Waals surface area (Å²) >= 11 is 0. The molecule has 2 amide bonds. The van der Waals surface area contributed by atoms with E-state index in [1.165, 1.54) is 18.2 Å². The standard InChI is InChI=1S/C23H24FN7O3S/c1-12(2)28-23(32)31-21-20-14(8-9-25-21)15(11-26-20)19-13(3)10-27-22(30-19)29-16-6-5-7-17(18(16)24)35(4,33)34/h5-12,26H,1-4H3,(H,27,29,30)(H2,25,28,31,32). The Labute approximate surface area is 201 Å². The molecule has 0 fully saturated rings. The minimum Gasteiger partial charge on any atom is -0.357 e. The average molecular weight is 498 g/mol. The number of aromatic nitrogens is 4. The van der Waals surface area contributed by atoms with E-state index in [-0.39, 0.29) is 23.7 Å². The Bertz CT molecular complexity index is 1530. The Morgan fingerprint density at radius 2 is 1.94 bits per heavy atom. The van der Waals surface area contributed by atoms with Crippen LogP contribution in [-0.2, 0) is 9.84 Å². The number of benzene rings is 1. The van der Waals surface area contributed by atoms with Crippen LogP contribution in [0.2, 0.25) is 0 Å². The number of pyridine rings is 1. The quantitative estimate of drug-likeness (QED) is 0.314. The van der Waals surface area contributed by atoms with E-state index >= 15 is 0 Å². The van der Waals surface area contributed by atoms with E-state index in [1.54, 1.807) is 24.7 Å². The largest absolute Gasteiger partial charge is 0.357 e. The van der Waals surface area contributed by atoms with E-state index < -0.39 is 20.5 Å². The van der Waals surface area contributed by atoms with Crippen molar-refractivity contribution in [3.8, 4) is 11.3 Å². The number of carbonyl (C=O) groups excluding carboxylic acids is 1. The second kappa shape index (κ2) is 9.29. The fraction of sp³-hybridized carbons (Fsp3) is 0.217. The third-order valence-corrected chi connectivity index (χ3v) is 6.20. The van der Waals surface area contributed by atoms with Gasteiger partial charge in [-0.25, -0.2) is 32.6 Å². The fourth-order valence-electron chi connectivity index (χ4n) is 3.54. The molecule has 3 aromatic heterocycles. The number of aryl methyl sites for hydroxylation is 1. The molecular weight excluding hydrogens is 473 g/mol. The smallest absolute Gasteiger partial charge is 0.320 e. The van der Waals surface area contributed by atoms with Crippen molar-refractivity contribution in [3.05, 3.63) is 54.2 Å². The summed E-state index contributed by atoms with van der Waals surface area (Å²) in [6, 6.07) is 5.42. The molecule has 35 heavy (non-hydrogen) atoms. The number of nitrogens with one attached hydrogen (secondary N) is 4. The van der Waals surface area contributed by atoms with Gasteiger partial charge in [0.1, 0.15) is 4.90 Å². The topological polar surface area (TPSA) is 142 Å². The number of aromatic amines is 1. The van der Waals surface area contributed by atoms with Crippen LogP contribution in [0.15, 0.2) is 47.8 Å². The van der Waals surface area contributed by atoms with Gasteiger partial charge in [-0.15, -0.1) is 0 Å². The van der Waals surface area contributed by atoms with Crippen LogP contribution in [0.3, 0.4) is 0 Å².